The van der Waals surface area contributed by atoms with Gasteiger partial charge in [-0.25, -0.2) is 9.59 Å². The number of carboxylic acids is 1. The lowest BCUT2D eigenvalue weighted by Crippen LogP contribution is -2.38. The van der Waals surface area contributed by atoms with Gasteiger partial charge in [-0.2, -0.15) is 0 Å². The van der Waals surface area contributed by atoms with Crippen LogP contribution in [0.15, 0.2) is 46.1 Å². The van der Waals surface area contributed by atoms with Crippen LogP contribution >= 0.6 is 0 Å². The van der Waals surface area contributed by atoms with Gasteiger partial charge in [-0.1, -0.05) is 12.1 Å². The van der Waals surface area contributed by atoms with Crippen LogP contribution in [0.4, 0.5) is 0 Å². The fraction of sp³-hybridized carbons (Fsp3) is 0.154. The van der Waals surface area contributed by atoms with Crippen LogP contribution in [0.1, 0.15) is 15.9 Å². The highest BCUT2D eigenvalue weighted by Gasteiger charge is 2.07. The van der Waals surface area contributed by atoms with Crippen molar-refractivity contribution in [2.75, 3.05) is 0 Å². The summed E-state index contributed by atoms with van der Waals surface area (Å²) < 4.78 is 2.35. The normalized spacial score (nSPS) is 10.4. The second kappa shape index (κ2) is 4.93. The minimum absolute atomic E-state index is 0.0491. The second-order valence-corrected chi connectivity index (χ2v) is 4.14. The van der Waals surface area contributed by atoms with Crippen molar-refractivity contribution in [3.8, 4) is 0 Å². The molecule has 0 atom stereocenters. The molecule has 1 aromatic carbocycles. The molecular formula is C13H12N2O4. The van der Waals surface area contributed by atoms with Gasteiger partial charge in [0.15, 0.2) is 0 Å². The molecule has 0 fully saturated rings. The van der Waals surface area contributed by atoms with Crippen LogP contribution in [0.5, 0.6) is 0 Å². The minimum atomic E-state index is -1.05. The molecule has 0 bridgehead atoms. The van der Waals surface area contributed by atoms with E-state index in [9.17, 15) is 14.4 Å². The highest BCUT2D eigenvalue weighted by atomic mass is 16.4. The SMILES string of the molecule is Cn1ccc(=O)n(Cc2cccc(C(=O)O)c2)c1=O. The Morgan fingerprint density at radius 2 is 2.00 bits per heavy atom. The predicted octanol–water partition coefficient (Wildman–Crippen LogP) is 0.294. The molecule has 0 aliphatic heterocycles. The Labute approximate surface area is 108 Å². The summed E-state index contributed by atoms with van der Waals surface area (Å²) in [5.74, 6) is -1.05. The van der Waals surface area contributed by atoms with Crippen LogP contribution in [0.25, 0.3) is 0 Å². The molecule has 0 saturated heterocycles. The van der Waals surface area contributed by atoms with Crippen molar-refractivity contribution in [3.63, 3.8) is 0 Å². The van der Waals surface area contributed by atoms with Crippen LogP contribution in [-0.2, 0) is 13.6 Å². The van der Waals surface area contributed by atoms with Gasteiger partial charge in [0.05, 0.1) is 12.1 Å². The van der Waals surface area contributed by atoms with E-state index in [1.807, 2.05) is 0 Å². The number of rotatable bonds is 3. The summed E-state index contributed by atoms with van der Waals surface area (Å²) in [4.78, 5) is 34.3. The quantitative estimate of drug-likeness (QED) is 0.860. The summed E-state index contributed by atoms with van der Waals surface area (Å²) in [6, 6.07) is 7.45. The number of carboxylic acid groups (broad SMARTS) is 1. The van der Waals surface area contributed by atoms with E-state index in [2.05, 4.69) is 0 Å². The van der Waals surface area contributed by atoms with Gasteiger partial charge in [-0.05, 0) is 17.7 Å². The van der Waals surface area contributed by atoms with Crippen LogP contribution in [0.3, 0.4) is 0 Å². The molecule has 0 spiro atoms. The fourth-order valence-electron chi connectivity index (χ4n) is 1.74. The van der Waals surface area contributed by atoms with Crippen LogP contribution < -0.4 is 11.2 Å². The molecule has 0 aliphatic carbocycles. The van der Waals surface area contributed by atoms with Crippen molar-refractivity contribution < 1.29 is 9.90 Å². The first-order valence-corrected chi connectivity index (χ1v) is 5.58. The molecule has 98 valence electrons. The van der Waals surface area contributed by atoms with Crippen molar-refractivity contribution in [2.45, 2.75) is 6.54 Å². The van der Waals surface area contributed by atoms with Crippen molar-refractivity contribution in [1.82, 2.24) is 9.13 Å². The summed E-state index contributed by atoms with van der Waals surface area (Å²) in [6.45, 7) is 0.0491. The largest absolute Gasteiger partial charge is 0.478 e. The highest BCUT2D eigenvalue weighted by molar-refractivity contribution is 5.87. The van der Waals surface area contributed by atoms with Crippen molar-refractivity contribution in [3.05, 3.63) is 68.5 Å². The van der Waals surface area contributed by atoms with E-state index < -0.39 is 17.2 Å². The van der Waals surface area contributed by atoms with E-state index in [0.717, 1.165) is 4.57 Å². The summed E-state index contributed by atoms with van der Waals surface area (Å²) in [5.41, 5.74) is -0.138. The highest BCUT2D eigenvalue weighted by Crippen LogP contribution is 2.05. The Morgan fingerprint density at radius 3 is 2.68 bits per heavy atom. The lowest BCUT2D eigenvalue weighted by Gasteiger charge is -2.07. The summed E-state index contributed by atoms with van der Waals surface area (Å²) >= 11 is 0. The predicted molar refractivity (Wildman–Crippen MR) is 68.4 cm³/mol. The summed E-state index contributed by atoms with van der Waals surface area (Å²) in [6.07, 6.45) is 1.40. The van der Waals surface area contributed by atoms with Crippen molar-refractivity contribution in [2.24, 2.45) is 7.05 Å². The summed E-state index contributed by atoms with van der Waals surface area (Å²) in [5, 5.41) is 8.89. The molecular weight excluding hydrogens is 248 g/mol. The number of benzene rings is 1. The van der Waals surface area contributed by atoms with E-state index in [1.165, 1.54) is 29.0 Å². The lowest BCUT2D eigenvalue weighted by atomic mass is 10.1. The maximum absolute atomic E-state index is 11.8. The maximum Gasteiger partial charge on any atom is 0.335 e. The lowest BCUT2D eigenvalue weighted by molar-refractivity contribution is 0.0696. The Hall–Kier alpha value is -2.63. The average Bonchev–Trinajstić information content (AvgIpc) is 2.39. The third-order valence-corrected chi connectivity index (χ3v) is 2.75. The standard InChI is InChI=1S/C13H12N2O4/c1-14-6-5-11(16)15(13(14)19)8-9-3-2-4-10(7-9)12(17)18/h2-7H,8H2,1H3,(H,17,18). The van der Waals surface area contributed by atoms with Gasteiger partial charge >= 0.3 is 11.7 Å². The Bertz CT molecular complexity index is 743. The molecule has 6 heteroatoms. The number of aromatic nitrogens is 2. The molecule has 0 amide bonds. The topological polar surface area (TPSA) is 81.3 Å². The average molecular weight is 260 g/mol. The smallest absolute Gasteiger partial charge is 0.335 e. The third kappa shape index (κ3) is 2.62. The molecule has 1 heterocycles. The van der Waals surface area contributed by atoms with Gasteiger partial charge in [-0.3, -0.25) is 9.36 Å². The number of aromatic carboxylic acids is 1. The zero-order valence-corrected chi connectivity index (χ0v) is 10.2. The van der Waals surface area contributed by atoms with Gasteiger partial charge in [0.1, 0.15) is 0 Å². The van der Waals surface area contributed by atoms with E-state index >= 15 is 0 Å². The maximum atomic E-state index is 11.8. The molecule has 0 aliphatic rings. The molecule has 0 unspecified atom stereocenters. The van der Waals surface area contributed by atoms with Gasteiger partial charge in [0.2, 0.25) is 0 Å². The monoisotopic (exact) mass is 260 g/mol. The fourth-order valence-corrected chi connectivity index (χ4v) is 1.74. The van der Waals surface area contributed by atoms with Gasteiger partial charge in [0.25, 0.3) is 5.56 Å². The second-order valence-electron chi connectivity index (χ2n) is 4.14. The van der Waals surface area contributed by atoms with Gasteiger partial charge < -0.3 is 9.67 Å². The number of nitrogens with zero attached hydrogens (tertiary/aromatic N) is 2. The minimum Gasteiger partial charge on any atom is -0.478 e. The number of hydrogen-bond donors (Lipinski definition) is 1. The Balaban J connectivity index is 2.45. The van der Waals surface area contributed by atoms with E-state index in [4.69, 9.17) is 5.11 Å². The van der Waals surface area contributed by atoms with E-state index in [0.29, 0.717) is 5.56 Å². The molecule has 6 nitrogen and oxygen atoms in total. The first-order chi connectivity index (χ1) is 8.99. The molecule has 0 radical (unpaired) electrons. The van der Waals surface area contributed by atoms with E-state index in [-0.39, 0.29) is 12.1 Å². The molecule has 0 saturated carbocycles. The molecule has 2 rings (SSSR count). The van der Waals surface area contributed by atoms with Crippen LogP contribution in [0.2, 0.25) is 0 Å². The molecule has 1 N–H and O–H groups in total. The number of carbonyl (C=O) groups is 1. The first kappa shape index (κ1) is 12.8. The molecule has 19 heavy (non-hydrogen) atoms. The summed E-state index contributed by atoms with van der Waals surface area (Å²) in [7, 11) is 1.55. The Morgan fingerprint density at radius 1 is 1.26 bits per heavy atom. The number of hydrogen-bond acceptors (Lipinski definition) is 3. The molecule has 2 aromatic rings. The van der Waals surface area contributed by atoms with Crippen LogP contribution in [-0.4, -0.2) is 20.2 Å². The van der Waals surface area contributed by atoms with Crippen molar-refractivity contribution in [1.29, 1.82) is 0 Å². The van der Waals surface area contributed by atoms with E-state index in [1.54, 1.807) is 19.2 Å². The van der Waals surface area contributed by atoms with Crippen molar-refractivity contribution >= 4 is 5.97 Å². The first-order valence-electron chi connectivity index (χ1n) is 5.58. The Kier molecular flexibility index (Phi) is 3.33. The zero-order chi connectivity index (χ0) is 14.0. The van der Waals surface area contributed by atoms with Gasteiger partial charge in [0, 0.05) is 19.3 Å². The number of aryl methyl sites for hydroxylation is 1. The zero-order valence-electron chi connectivity index (χ0n) is 10.2. The van der Waals surface area contributed by atoms with Crippen LogP contribution in [0, 0.1) is 0 Å². The molecule has 1 aromatic heterocycles. The van der Waals surface area contributed by atoms with Gasteiger partial charge in [-0.15, -0.1) is 0 Å². The third-order valence-electron chi connectivity index (χ3n) is 2.75.